The first-order valence-corrected chi connectivity index (χ1v) is 7.08. The molecule has 1 aromatic heterocycles. The van der Waals surface area contributed by atoms with Crippen LogP contribution in [-0.2, 0) is 4.79 Å². The third kappa shape index (κ3) is 2.95. The molecule has 0 atom stereocenters. The Morgan fingerprint density at radius 1 is 1.47 bits per heavy atom. The van der Waals surface area contributed by atoms with E-state index in [1.807, 2.05) is 19.2 Å². The Bertz CT molecular complexity index is 407. The Morgan fingerprint density at radius 3 is 2.79 bits per heavy atom. The minimum Gasteiger partial charge on any atom is -0.317 e. The molecule has 1 aliphatic rings. The van der Waals surface area contributed by atoms with Crippen molar-refractivity contribution in [1.29, 1.82) is 0 Å². The highest BCUT2D eigenvalue weighted by Gasteiger charge is 2.40. The number of aromatic nitrogens is 1. The lowest BCUT2D eigenvalue weighted by molar-refractivity contribution is -0.130. The van der Waals surface area contributed by atoms with Crippen molar-refractivity contribution < 1.29 is 4.79 Å². The van der Waals surface area contributed by atoms with Crippen molar-refractivity contribution in [2.24, 2.45) is 5.41 Å². The first kappa shape index (κ1) is 14.0. The van der Waals surface area contributed by atoms with Crippen molar-refractivity contribution in [3.8, 4) is 0 Å². The minimum absolute atomic E-state index is 0.190. The first-order chi connectivity index (χ1) is 9.19. The van der Waals surface area contributed by atoms with Gasteiger partial charge in [-0.1, -0.05) is 13.3 Å². The van der Waals surface area contributed by atoms with Gasteiger partial charge in [-0.15, -0.1) is 0 Å². The predicted octanol–water partition coefficient (Wildman–Crippen LogP) is 2.21. The number of nitrogens with zero attached hydrogens (tertiary/aromatic N) is 2. The Labute approximate surface area is 115 Å². The van der Waals surface area contributed by atoms with Crippen molar-refractivity contribution in [3.05, 3.63) is 24.5 Å². The Morgan fingerprint density at radius 2 is 2.21 bits per heavy atom. The maximum absolute atomic E-state index is 12.9. The van der Waals surface area contributed by atoms with Crippen LogP contribution in [-0.4, -0.2) is 31.0 Å². The van der Waals surface area contributed by atoms with E-state index in [9.17, 15) is 4.79 Å². The minimum atomic E-state index is -0.190. The topological polar surface area (TPSA) is 45.2 Å². The standard InChI is InChI=1S/C15H23N3O/c1-3-6-15(7-10-16-11-8-15)14(19)18(2)13-5-4-9-17-12-13/h4-5,9,12,16H,3,6-8,10-11H2,1-2H3. The van der Waals surface area contributed by atoms with Gasteiger partial charge in [-0.25, -0.2) is 0 Å². The molecule has 1 saturated heterocycles. The molecule has 4 heteroatoms. The van der Waals surface area contributed by atoms with Crippen LogP contribution in [0.15, 0.2) is 24.5 Å². The van der Waals surface area contributed by atoms with Gasteiger partial charge in [-0.05, 0) is 44.5 Å². The van der Waals surface area contributed by atoms with Crippen molar-refractivity contribution in [2.75, 3.05) is 25.0 Å². The number of carbonyl (C=O) groups excluding carboxylic acids is 1. The van der Waals surface area contributed by atoms with E-state index in [2.05, 4.69) is 17.2 Å². The number of carbonyl (C=O) groups is 1. The summed E-state index contributed by atoms with van der Waals surface area (Å²) in [5, 5.41) is 3.35. The molecule has 19 heavy (non-hydrogen) atoms. The van der Waals surface area contributed by atoms with Gasteiger partial charge < -0.3 is 10.2 Å². The summed E-state index contributed by atoms with van der Waals surface area (Å²) in [5.74, 6) is 0.240. The summed E-state index contributed by atoms with van der Waals surface area (Å²) in [6.07, 6.45) is 7.37. The summed E-state index contributed by atoms with van der Waals surface area (Å²) in [6, 6.07) is 3.81. The second-order valence-corrected chi connectivity index (χ2v) is 5.36. The quantitative estimate of drug-likeness (QED) is 0.904. The second kappa shape index (κ2) is 6.15. The van der Waals surface area contributed by atoms with Crippen molar-refractivity contribution >= 4 is 11.6 Å². The molecule has 1 amide bonds. The van der Waals surface area contributed by atoms with Crippen LogP contribution in [0.4, 0.5) is 5.69 Å². The summed E-state index contributed by atoms with van der Waals surface area (Å²) in [4.78, 5) is 18.7. The fraction of sp³-hybridized carbons (Fsp3) is 0.600. The van der Waals surface area contributed by atoms with Crippen molar-refractivity contribution in [2.45, 2.75) is 32.6 Å². The van der Waals surface area contributed by atoms with Crippen LogP contribution in [0.1, 0.15) is 32.6 Å². The molecule has 0 aromatic carbocycles. The van der Waals surface area contributed by atoms with Crippen molar-refractivity contribution in [1.82, 2.24) is 10.3 Å². The fourth-order valence-electron chi connectivity index (χ4n) is 2.98. The molecule has 0 radical (unpaired) electrons. The summed E-state index contributed by atoms with van der Waals surface area (Å²) < 4.78 is 0. The third-order valence-corrected chi connectivity index (χ3v) is 4.08. The van der Waals surface area contributed by atoms with E-state index in [1.54, 1.807) is 17.3 Å². The average molecular weight is 261 g/mol. The largest absolute Gasteiger partial charge is 0.317 e. The zero-order valence-corrected chi connectivity index (χ0v) is 11.9. The lowest BCUT2D eigenvalue weighted by atomic mass is 9.74. The van der Waals surface area contributed by atoms with Gasteiger partial charge in [-0.2, -0.15) is 0 Å². The van der Waals surface area contributed by atoms with Crippen LogP contribution >= 0.6 is 0 Å². The van der Waals surface area contributed by atoms with E-state index < -0.39 is 0 Å². The summed E-state index contributed by atoms with van der Waals surface area (Å²) >= 11 is 0. The SMILES string of the molecule is CCCC1(C(=O)N(C)c2cccnc2)CCNCC1. The van der Waals surface area contributed by atoms with Gasteiger partial charge in [0.05, 0.1) is 17.3 Å². The highest BCUT2D eigenvalue weighted by atomic mass is 16.2. The molecule has 0 bridgehead atoms. The highest BCUT2D eigenvalue weighted by Crippen LogP contribution is 2.36. The molecule has 0 saturated carbocycles. The molecule has 2 heterocycles. The number of nitrogens with one attached hydrogen (secondary N) is 1. The van der Waals surface area contributed by atoms with Crippen LogP contribution in [0.5, 0.6) is 0 Å². The lowest BCUT2D eigenvalue weighted by Gasteiger charge is -2.39. The molecule has 0 aliphatic carbocycles. The Balaban J connectivity index is 2.19. The number of amides is 1. The average Bonchev–Trinajstić information content (AvgIpc) is 2.48. The van der Waals surface area contributed by atoms with Gasteiger partial charge in [0.2, 0.25) is 5.91 Å². The number of rotatable bonds is 4. The van der Waals surface area contributed by atoms with E-state index in [0.29, 0.717) is 0 Å². The van der Waals surface area contributed by atoms with Crippen molar-refractivity contribution in [3.63, 3.8) is 0 Å². The number of hydrogen-bond donors (Lipinski definition) is 1. The van der Waals surface area contributed by atoms with Crippen LogP contribution in [0.3, 0.4) is 0 Å². The van der Waals surface area contributed by atoms with Gasteiger partial charge >= 0.3 is 0 Å². The Kier molecular flexibility index (Phi) is 4.53. The fourth-order valence-corrected chi connectivity index (χ4v) is 2.98. The van der Waals surface area contributed by atoms with E-state index in [1.165, 1.54) is 0 Å². The first-order valence-electron chi connectivity index (χ1n) is 7.08. The molecular weight excluding hydrogens is 238 g/mol. The summed E-state index contributed by atoms with van der Waals surface area (Å²) in [6.45, 7) is 4.03. The van der Waals surface area contributed by atoms with Gasteiger partial charge in [0.15, 0.2) is 0 Å². The second-order valence-electron chi connectivity index (χ2n) is 5.36. The molecule has 1 aromatic rings. The number of hydrogen-bond acceptors (Lipinski definition) is 3. The maximum Gasteiger partial charge on any atom is 0.233 e. The molecule has 104 valence electrons. The number of piperidine rings is 1. The summed E-state index contributed by atoms with van der Waals surface area (Å²) in [5.41, 5.74) is 0.687. The molecule has 4 nitrogen and oxygen atoms in total. The number of pyridine rings is 1. The predicted molar refractivity (Wildman–Crippen MR) is 77.1 cm³/mol. The van der Waals surface area contributed by atoms with E-state index in [-0.39, 0.29) is 11.3 Å². The smallest absolute Gasteiger partial charge is 0.233 e. The monoisotopic (exact) mass is 261 g/mol. The zero-order valence-electron chi connectivity index (χ0n) is 11.9. The van der Waals surface area contributed by atoms with Gasteiger partial charge in [0, 0.05) is 13.2 Å². The molecule has 2 rings (SSSR count). The Hall–Kier alpha value is -1.42. The molecule has 1 N–H and O–H groups in total. The van der Waals surface area contributed by atoms with Crippen LogP contribution < -0.4 is 10.2 Å². The highest BCUT2D eigenvalue weighted by molar-refractivity contribution is 5.97. The third-order valence-electron chi connectivity index (χ3n) is 4.08. The molecule has 1 aliphatic heterocycles. The van der Waals surface area contributed by atoms with E-state index >= 15 is 0 Å². The van der Waals surface area contributed by atoms with Crippen LogP contribution in [0.2, 0.25) is 0 Å². The normalized spacial score (nSPS) is 18.0. The molecule has 1 fully saturated rings. The van der Waals surface area contributed by atoms with E-state index in [0.717, 1.165) is 44.5 Å². The van der Waals surface area contributed by atoms with Gasteiger partial charge in [0.25, 0.3) is 0 Å². The lowest BCUT2D eigenvalue weighted by Crippen LogP contribution is -2.48. The van der Waals surface area contributed by atoms with Gasteiger partial charge in [0.1, 0.15) is 0 Å². The maximum atomic E-state index is 12.9. The molecular formula is C15H23N3O. The number of anilines is 1. The van der Waals surface area contributed by atoms with Crippen LogP contribution in [0.25, 0.3) is 0 Å². The molecule has 0 spiro atoms. The zero-order chi connectivity index (χ0) is 13.7. The van der Waals surface area contributed by atoms with E-state index in [4.69, 9.17) is 0 Å². The molecule has 0 unspecified atom stereocenters. The van der Waals surface area contributed by atoms with Gasteiger partial charge in [-0.3, -0.25) is 9.78 Å². The van der Waals surface area contributed by atoms with Crippen LogP contribution in [0, 0.1) is 5.41 Å². The summed E-state index contributed by atoms with van der Waals surface area (Å²) in [7, 11) is 1.86.